The van der Waals surface area contributed by atoms with Gasteiger partial charge in [-0.3, -0.25) is 4.79 Å². The van der Waals surface area contributed by atoms with Gasteiger partial charge in [-0.1, -0.05) is 42.5 Å². The highest BCUT2D eigenvalue weighted by Gasteiger charge is 2.20. The van der Waals surface area contributed by atoms with Gasteiger partial charge in [0.25, 0.3) is 0 Å². The van der Waals surface area contributed by atoms with E-state index in [4.69, 9.17) is 9.47 Å². The number of rotatable bonds is 7. The quantitative estimate of drug-likeness (QED) is 0.778. The summed E-state index contributed by atoms with van der Waals surface area (Å²) in [7, 11) is 0. The lowest BCUT2D eigenvalue weighted by atomic mass is 10.1. The summed E-state index contributed by atoms with van der Waals surface area (Å²) in [4.78, 5) is 12.0. The zero-order chi connectivity index (χ0) is 17.3. The number of nitrogens with one attached hydrogen (secondary N) is 2. The van der Waals surface area contributed by atoms with E-state index in [9.17, 15) is 4.79 Å². The van der Waals surface area contributed by atoms with Crippen LogP contribution in [0, 0.1) is 0 Å². The molecule has 1 saturated heterocycles. The van der Waals surface area contributed by atoms with Gasteiger partial charge in [-0.2, -0.15) is 0 Å². The summed E-state index contributed by atoms with van der Waals surface area (Å²) in [6, 6.07) is 17.9. The monoisotopic (exact) mass is 376 g/mol. The van der Waals surface area contributed by atoms with Crippen molar-refractivity contribution in [2.45, 2.75) is 19.1 Å². The van der Waals surface area contributed by atoms with E-state index in [0.717, 1.165) is 24.3 Å². The molecule has 1 aliphatic rings. The third kappa shape index (κ3) is 6.33. The number of morpholine rings is 1. The fourth-order valence-corrected chi connectivity index (χ4v) is 2.68. The van der Waals surface area contributed by atoms with Gasteiger partial charge in [-0.05, 0) is 29.7 Å². The zero-order valence-corrected chi connectivity index (χ0v) is 15.5. The predicted octanol–water partition coefficient (Wildman–Crippen LogP) is 2.33. The molecule has 5 nitrogen and oxygen atoms in total. The molecule has 0 aliphatic carbocycles. The molecular formula is C20H25ClN2O3. The van der Waals surface area contributed by atoms with E-state index in [1.165, 1.54) is 5.56 Å². The Bertz CT molecular complexity index is 659. The average molecular weight is 377 g/mol. The van der Waals surface area contributed by atoms with Crippen molar-refractivity contribution < 1.29 is 14.3 Å². The molecule has 140 valence electrons. The van der Waals surface area contributed by atoms with Crippen LogP contribution in [0.5, 0.6) is 5.75 Å². The molecule has 2 aromatic carbocycles. The molecule has 1 heterocycles. The van der Waals surface area contributed by atoms with Gasteiger partial charge >= 0.3 is 0 Å². The smallest absolute Gasteiger partial charge is 0.239 e. The number of ether oxygens (including phenoxy) is 2. The zero-order valence-electron chi connectivity index (χ0n) is 14.6. The highest BCUT2D eigenvalue weighted by Crippen LogP contribution is 2.14. The number of hydrogen-bond acceptors (Lipinski definition) is 4. The van der Waals surface area contributed by atoms with Crippen LogP contribution in [0.4, 0.5) is 0 Å². The van der Waals surface area contributed by atoms with Crippen LogP contribution in [-0.4, -0.2) is 38.3 Å². The van der Waals surface area contributed by atoms with E-state index in [0.29, 0.717) is 26.4 Å². The SMILES string of the molecule is Cl.O=C(NCCc1ccc(OCc2ccccc2)cc1)C1COCCN1. The topological polar surface area (TPSA) is 59.6 Å². The molecule has 1 fully saturated rings. The van der Waals surface area contributed by atoms with Crippen molar-refractivity contribution in [3.63, 3.8) is 0 Å². The Hall–Kier alpha value is -2.08. The number of carbonyl (C=O) groups is 1. The van der Waals surface area contributed by atoms with Crippen LogP contribution in [0.25, 0.3) is 0 Å². The van der Waals surface area contributed by atoms with Crippen molar-refractivity contribution >= 4 is 18.3 Å². The predicted molar refractivity (Wildman–Crippen MR) is 104 cm³/mol. The molecule has 3 rings (SSSR count). The summed E-state index contributed by atoms with van der Waals surface area (Å²) in [6.07, 6.45) is 0.790. The molecule has 2 aromatic rings. The van der Waals surface area contributed by atoms with Crippen molar-refractivity contribution in [2.24, 2.45) is 0 Å². The molecule has 0 saturated carbocycles. The second kappa shape index (κ2) is 10.8. The minimum absolute atomic E-state index is 0. The van der Waals surface area contributed by atoms with Gasteiger partial charge in [0.2, 0.25) is 5.91 Å². The van der Waals surface area contributed by atoms with Gasteiger partial charge < -0.3 is 20.1 Å². The Labute approximate surface area is 160 Å². The molecule has 26 heavy (non-hydrogen) atoms. The Morgan fingerprint density at radius 2 is 1.88 bits per heavy atom. The average Bonchev–Trinajstić information content (AvgIpc) is 2.69. The summed E-state index contributed by atoms with van der Waals surface area (Å²) in [5.41, 5.74) is 2.31. The van der Waals surface area contributed by atoms with Crippen molar-refractivity contribution in [3.8, 4) is 5.75 Å². The van der Waals surface area contributed by atoms with Gasteiger partial charge in [-0.15, -0.1) is 12.4 Å². The molecule has 1 atom stereocenters. The van der Waals surface area contributed by atoms with E-state index in [2.05, 4.69) is 10.6 Å². The molecular weight excluding hydrogens is 352 g/mol. The van der Waals surface area contributed by atoms with Crippen molar-refractivity contribution in [2.75, 3.05) is 26.3 Å². The Kier molecular flexibility index (Phi) is 8.41. The maximum Gasteiger partial charge on any atom is 0.239 e. The summed E-state index contributed by atoms with van der Waals surface area (Å²) in [5, 5.41) is 6.10. The standard InChI is InChI=1S/C20H24N2O3.ClH/c23-20(19-15-24-13-12-21-19)22-11-10-16-6-8-18(9-7-16)25-14-17-4-2-1-3-5-17;/h1-9,19,21H,10-15H2,(H,22,23);1H. The lowest BCUT2D eigenvalue weighted by Crippen LogP contribution is -2.51. The maximum atomic E-state index is 12.0. The third-order valence-electron chi connectivity index (χ3n) is 4.12. The molecule has 1 unspecified atom stereocenters. The fourth-order valence-electron chi connectivity index (χ4n) is 2.68. The summed E-state index contributed by atoms with van der Waals surface area (Å²) < 4.78 is 11.1. The Balaban J connectivity index is 0.00000243. The Morgan fingerprint density at radius 1 is 1.12 bits per heavy atom. The summed E-state index contributed by atoms with van der Waals surface area (Å²) in [6.45, 7) is 3.01. The number of benzene rings is 2. The van der Waals surface area contributed by atoms with Gasteiger partial charge in [0, 0.05) is 13.1 Å². The van der Waals surface area contributed by atoms with E-state index >= 15 is 0 Å². The summed E-state index contributed by atoms with van der Waals surface area (Å²) >= 11 is 0. The highest BCUT2D eigenvalue weighted by atomic mass is 35.5. The first-order valence-corrected chi connectivity index (χ1v) is 8.66. The Morgan fingerprint density at radius 3 is 2.58 bits per heavy atom. The molecule has 0 bridgehead atoms. The molecule has 0 aromatic heterocycles. The van der Waals surface area contributed by atoms with E-state index < -0.39 is 0 Å². The molecule has 6 heteroatoms. The number of halogens is 1. The minimum atomic E-state index is -0.234. The third-order valence-corrected chi connectivity index (χ3v) is 4.12. The molecule has 1 aliphatic heterocycles. The van der Waals surface area contributed by atoms with Crippen LogP contribution >= 0.6 is 12.4 Å². The van der Waals surface area contributed by atoms with Crippen molar-refractivity contribution in [1.82, 2.24) is 10.6 Å². The van der Waals surface area contributed by atoms with Gasteiger partial charge in [0.1, 0.15) is 18.4 Å². The van der Waals surface area contributed by atoms with E-state index in [1.807, 2.05) is 54.6 Å². The first-order valence-electron chi connectivity index (χ1n) is 8.66. The number of carbonyl (C=O) groups excluding carboxylic acids is 1. The first kappa shape index (κ1) is 20.2. The van der Waals surface area contributed by atoms with Gasteiger partial charge in [0.15, 0.2) is 0 Å². The normalized spacial score (nSPS) is 16.4. The molecule has 2 N–H and O–H groups in total. The van der Waals surface area contributed by atoms with Crippen molar-refractivity contribution in [3.05, 3.63) is 65.7 Å². The van der Waals surface area contributed by atoms with Crippen LogP contribution in [0.3, 0.4) is 0 Å². The van der Waals surface area contributed by atoms with Crippen molar-refractivity contribution in [1.29, 1.82) is 0 Å². The van der Waals surface area contributed by atoms with Crippen LogP contribution in [-0.2, 0) is 22.6 Å². The fraction of sp³-hybridized carbons (Fsp3) is 0.350. The largest absolute Gasteiger partial charge is 0.489 e. The number of amides is 1. The first-order chi connectivity index (χ1) is 12.3. The lowest BCUT2D eigenvalue weighted by Gasteiger charge is -2.22. The minimum Gasteiger partial charge on any atom is -0.489 e. The van der Waals surface area contributed by atoms with E-state index in [-0.39, 0.29) is 24.4 Å². The second-order valence-electron chi connectivity index (χ2n) is 6.04. The molecule has 1 amide bonds. The second-order valence-corrected chi connectivity index (χ2v) is 6.04. The molecule has 0 radical (unpaired) electrons. The lowest BCUT2D eigenvalue weighted by molar-refractivity contribution is -0.125. The van der Waals surface area contributed by atoms with Crippen LogP contribution in [0.1, 0.15) is 11.1 Å². The van der Waals surface area contributed by atoms with Crippen LogP contribution in [0.15, 0.2) is 54.6 Å². The van der Waals surface area contributed by atoms with Crippen LogP contribution in [0.2, 0.25) is 0 Å². The van der Waals surface area contributed by atoms with Gasteiger partial charge in [0.05, 0.1) is 13.2 Å². The number of hydrogen-bond donors (Lipinski definition) is 2. The summed E-state index contributed by atoms with van der Waals surface area (Å²) in [5.74, 6) is 0.850. The maximum absolute atomic E-state index is 12.0. The highest BCUT2D eigenvalue weighted by molar-refractivity contribution is 5.85. The van der Waals surface area contributed by atoms with Crippen LogP contribution < -0.4 is 15.4 Å². The van der Waals surface area contributed by atoms with E-state index in [1.54, 1.807) is 0 Å². The van der Waals surface area contributed by atoms with Gasteiger partial charge in [-0.25, -0.2) is 0 Å². The molecule has 0 spiro atoms.